The molecule has 0 aliphatic carbocycles. The minimum Gasteiger partial charge on any atom is -0.338 e. The van der Waals surface area contributed by atoms with Crippen LogP contribution in [0.25, 0.3) is 16.3 Å². The van der Waals surface area contributed by atoms with Crippen molar-refractivity contribution in [2.24, 2.45) is 4.99 Å². The molecule has 0 saturated carbocycles. The van der Waals surface area contributed by atoms with Gasteiger partial charge < -0.3 is 4.90 Å². The van der Waals surface area contributed by atoms with E-state index >= 15 is 0 Å². The van der Waals surface area contributed by atoms with Crippen LogP contribution in [0.15, 0.2) is 116 Å². The van der Waals surface area contributed by atoms with E-state index in [1.54, 1.807) is 12.1 Å². The summed E-state index contributed by atoms with van der Waals surface area (Å²) in [6.07, 6.45) is 2.30. The maximum atomic E-state index is 10.5. The summed E-state index contributed by atoms with van der Waals surface area (Å²) in [6, 6.07) is 27.4. The molecule has 0 fully saturated rings. The fraction of sp³-hybridized carbons (Fsp3) is 0.129. The number of nitrogens with zero attached hydrogens (tertiary/aromatic N) is 2. The van der Waals surface area contributed by atoms with E-state index < -0.39 is 10.1 Å². The molecule has 0 aromatic heterocycles. The van der Waals surface area contributed by atoms with Crippen LogP contribution in [0.3, 0.4) is 0 Å². The second-order valence-electron chi connectivity index (χ2n) is 9.34. The number of allylic oxidation sites excluding steroid dienone is 3. The van der Waals surface area contributed by atoms with Crippen molar-refractivity contribution in [1.82, 2.24) is 0 Å². The largest absolute Gasteiger partial charge is 0.338 e. The minimum absolute atomic E-state index is 0.0666. The summed E-state index contributed by atoms with van der Waals surface area (Å²) in [5, 5.41) is 3.85. The second-order valence-corrected chi connectivity index (χ2v) is 11.8. The molecule has 2 aliphatic heterocycles. The number of aryl methyl sites for hydroxylation is 1. The average Bonchev–Trinajstić information content (AvgIpc) is 3.39. The lowest BCUT2D eigenvalue weighted by Gasteiger charge is -2.16. The Morgan fingerprint density at radius 3 is 2.34 bits per heavy atom. The Morgan fingerprint density at radius 1 is 0.921 bits per heavy atom. The van der Waals surface area contributed by atoms with Crippen molar-refractivity contribution in [1.29, 1.82) is 0 Å². The summed E-state index contributed by atoms with van der Waals surface area (Å²) < 4.78 is 29.6. The number of rotatable bonds is 2. The van der Waals surface area contributed by atoms with Crippen molar-refractivity contribution in [3.05, 3.63) is 113 Å². The van der Waals surface area contributed by atoms with Gasteiger partial charge in [0.15, 0.2) is 0 Å². The Labute approximate surface area is 228 Å². The lowest BCUT2D eigenvalue weighted by Crippen LogP contribution is -2.10. The molecule has 4 aromatic rings. The van der Waals surface area contributed by atoms with Crippen molar-refractivity contribution < 1.29 is 13.0 Å². The van der Waals surface area contributed by atoms with E-state index in [2.05, 4.69) is 92.5 Å². The molecule has 192 valence electrons. The fourth-order valence-corrected chi connectivity index (χ4v) is 6.41. The first-order chi connectivity index (χ1) is 18.1. The van der Waals surface area contributed by atoms with E-state index in [0.29, 0.717) is 0 Å². The van der Waals surface area contributed by atoms with Gasteiger partial charge in [-0.05, 0) is 62.1 Å². The molecule has 38 heavy (non-hydrogen) atoms. The summed E-state index contributed by atoms with van der Waals surface area (Å²) in [5.41, 5.74) is 8.18. The molecule has 1 N–H and O–H groups in total. The Hall–Kier alpha value is -3.65. The zero-order valence-electron chi connectivity index (χ0n) is 21.6. The van der Waals surface area contributed by atoms with Crippen LogP contribution >= 0.6 is 11.8 Å². The standard InChI is InChI=1S/C24H20N2S.C7H8O3S/c1-15(23-16(2)25-20-11-7-6-10-19(20)23)14-22-26(3)24-18-9-5-4-8-17(18)12-13-21(24)27-22;1-6-2-4-7(5-3-6)11(8,9)10/h4-14H,1-3H3;2-5H,1H3,(H,8,9,10). The monoisotopic (exact) mass is 540 g/mol. The number of anilines is 1. The number of benzene rings is 4. The van der Waals surface area contributed by atoms with Gasteiger partial charge in [0, 0.05) is 34.2 Å². The summed E-state index contributed by atoms with van der Waals surface area (Å²) in [7, 11) is -1.85. The van der Waals surface area contributed by atoms with Crippen LogP contribution < -0.4 is 4.90 Å². The third-order valence-electron chi connectivity index (χ3n) is 6.62. The predicted molar refractivity (Wildman–Crippen MR) is 159 cm³/mol. The maximum absolute atomic E-state index is 10.5. The Kier molecular flexibility index (Phi) is 7.01. The first-order valence-corrected chi connectivity index (χ1v) is 14.4. The number of hydrogen-bond acceptors (Lipinski definition) is 5. The van der Waals surface area contributed by atoms with Crippen molar-refractivity contribution in [3.8, 4) is 0 Å². The molecule has 0 unspecified atom stereocenters. The van der Waals surface area contributed by atoms with Crippen molar-refractivity contribution in [2.45, 2.75) is 30.6 Å². The normalized spacial score (nSPS) is 16.6. The number of hydrogen-bond donors (Lipinski definition) is 1. The molecule has 4 aromatic carbocycles. The molecule has 5 nitrogen and oxygen atoms in total. The van der Waals surface area contributed by atoms with Crippen LogP contribution in [-0.2, 0) is 10.1 Å². The Bertz CT molecular complexity index is 1750. The quantitative estimate of drug-likeness (QED) is 0.261. The molecular formula is C31H28N2O3S2. The molecule has 2 heterocycles. The zero-order valence-corrected chi connectivity index (χ0v) is 23.3. The Morgan fingerprint density at radius 2 is 1.61 bits per heavy atom. The third kappa shape index (κ3) is 5.05. The molecule has 0 bridgehead atoms. The SMILES string of the molecule is CC1=Nc2ccccc2C1=C(C)C=C1Sc2ccc3ccccc3c2N1C.Cc1ccc(S(=O)(=O)O)cc1. The van der Waals surface area contributed by atoms with Gasteiger partial charge in [-0.3, -0.25) is 9.55 Å². The van der Waals surface area contributed by atoms with E-state index in [4.69, 9.17) is 9.55 Å². The van der Waals surface area contributed by atoms with Gasteiger partial charge in [0.25, 0.3) is 10.1 Å². The highest BCUT2D eigenvalue weighted by molar-refractivity contribution is 8.03. The van der Waals surface area contributed by atoms with Gasteiger partial charge in [0.1, 0.15) is 0 Å². The zero-order chi connectivity index (χ0) is 27.0. The highest BCUT2D eigenvalue weighted by Gasteiger charge is 2.25. The van der Waals surface area contributed by atoms with Gasteiger partial charge in [0.05, 0.1) is 21.3 Å². The fourth-order valence-electron chi connectivity index (χ4n) is 4.76. The average molecular weight is 541 g/mol. The summed E-state index contributed by atoms with van der Waals surface area (Å²) in [4.78, 5) is 8.31. The summed E-state index contributed by atoms with van der Waals surface area (Å²) >= 11 is 1.84. The molecular weight excluding hydrogens is 512 g/mol. The molecule has 0 amide bonds. The van der Waals surface area contributed by atoms with Gasteiger partial charge in [-0.15, -0.1) is 0 Å². The van der Waals surface area contributed by atoms with Crippen LogP contribution in [0.5, 0.6) is 0 Å². The van der Waals surface area contributed by atoms with Crippen LogP contribution in [0.4, 0.5) is 11.4 Å². The number of aliphatic imine (C=N–C) groups is 1. The van der Waals surface area contributed by atoms with Crippen molar-refractivity contribution in [3.63, 3.8) is 0 Å². The number of para-hydroxylation sites is 1. The molecule has 0 spiro atoms. The van der Waals surface area contributed by atoms with Crippen LogP contribution in [0.1, 0.15) is 25.0 Å². The molecule has 6 rings (SSSR count). The molecule has 2 aliphatic rings. The topological polar surface area (TPSA) is 70.0 Å². The van der Waals surface area contributed by atoms with Gasteiger partial charge in [0.2, 0.25) is 0 Å². The maximum Gasteiger partial charge on any atom is 0.294 e. The highest BCUT2D eigenvalue weighted by atomic mass is 32.2. The van der Waals surface area contributed by atoms with E-state index in [9.17, 15) is 8.42 Å². The van der Waals surface area contributed by atoms with E-state index in [0.717, 1.165) is 17.0 Å². The van der Waals surface area contributed by atoms with Gasteiger partial charge in [-0.2, -0.15) is 8.42 Å². The van der Waals surface area contributed by atoms with Crippen molar-refractivity contribution >= 4 is 55.3 Å². The Balaban J connectivity index is 0.000000226. The van der Waals surface area contributed by atoms with Crippen LogP contribution in [-0.4, -0.2) is 25.7 Å². The first kappa shape index (κ1) is 26.0. The molecule has 7 heteroatoms. The third-order valence-corrected chi connectivity index (χ3v) is 8.64. The van der Waals surface area contributed by atoms with Crippen LogP contribution in [0.2, 0.25) is 0 Å². The van der Waals surface area contributed by atoms with Gasteiger partial charge >= 0.3 is 0 Å². The highest BCUT2D eigenvalue weighted by Crippen LogP contribution is 2.49. The van der Waals surface area contributed by atoms with Crippen molar-refractivity contribution in [2.75, 3.05) is 11.9 Å². The predicted octanol–water partition coefficient (Wildman–Crippen LogP) is 8.04. The molecule has 0 atom stereocenters. The molecule has 0 saturated heterocycles. The lowest BCUT2D eigenvalue weighted by molar-refractivity contribution is 0.483. The minimum atomic E-state index is -4.02. The lowest BCUT2D eigenvalue weighted by atomic mass is 9.98. The van der Waals surface area contributed by atoms with Gasteiger partial charge in [-0.1, -0.05) is 78.0 Å². The van der Waals surface area contributed by atoms with E-state index in [1.165, 1.54) is 55.2 Å². The van der Waals surface area contributed by atoms with E-state index in [-0.39, 0.29) is 4.90 Å². The van der Waals surface area contributed by atoms with Gasteiger partial charge in [-0.25, -0.2) is 0 Å². The number of thioether (sulfide) groups is 1. The molecule has 0 radical (unpaired) electrons. The smallest absolute Gasteiger partial charge is 0.294 e. The summed E-state index contributed by atoms with van der Waals surface area (Å²) in [5.74, 6) is 0. The second kappa shape index (κ2) is 10.3. The first-order valence-electron chi connectivity index (χ1n) is 12.2. The van der Waals surface area contributed by atoms with E-state index in [1.807, 2.05) is 18.7 Å². The number of fused-ring (bicyclic) bond motifs is 4. The van der Waals surface area contributed by atoms with Crippen LogP contribution in [0, 0.1) is 6.92 Å². The summed E-state index contributed by atoms with van der Waals surface area (Å²) in [6.45, 7) is 6.14.